The highest BCUT2D eigenvalue weighted by molar-refractivity contribution is 5.65. The molecule has 0 aromatic rings. The minimum absolute atomic E-state index is 0.770. The van der Waals surface area contributed by atoms with Crippen LogP contribution in [-0.2, 0) is 4.79 Å². The zero-order chi connectivity index (χ0) is 8.36. The summed E-state index contributed by atoms with van der Waals surface area (Å²) >= 11 is 0. The second-order valence-corrected chi connectivity index (χ2v) is 2.06. The molecule has 0 atom stereocenters. The molecule has 0 aromatic carbocycles. The van der Waals surface area contributed by atoms with Crippen LogP contribution in [0, 0.1) is 0 Å². The Bertz CT molecular complexity index is 164. The van der Waals surface area contributed by atoms with E-state index in [1.54, 1.807) is 6.08 Å². The SMILES string of the molecule is CC/C=C\C/C=C\C=C/C=O. The first-order valence-electron chi connectivity index (χ1n) is 3.83. The number of aldehydes is 1. The highest BCUT2D eigenvalue weighted by Gasteiger charge is 1.68. The largest absolute Gasteiger partial charge is 0.299 e. The van der Waals surface area contributed by atoms with Gasteiger partial charge in [-0.15, -0.1) is 0 Å². The van der Waals surface area contributed by atoms with Gasteiger partial charge in [-0.2, -0.15) is 0 Å². The molecule has 0 aliphatic carbocycles. The Kier molecular flexibility index (Phi) is 7.99. The summed E-state index contributed by atoms with van der Waals surface area (Å²) in [6, 6.07) is 0. The van der Waals surface area contributed by atoms with E-state index in [1.807, 2.05) is 12.2 Å². The fourth-order valence-electron chi connectivity index (χ4n) is 0.608. The first-order valence-corrected chi connectivity index (χ1v) is 3.83. The summed E-state index contributed by atoms with van der Waals surface area (Å²) in [5, 5.41) is 0. The van der Waals surface area contributed by atoms with E-state index in [0.29, 0.717) is 0 Å². The van der Waals surface area contributed by atoms with Crippen LogP contribution in [0.15, 0.2) is 36.5 Å². The summed E-state index contributed by atoms with van der Waals surface area (Å²) in [6.07, 6.45) is 14.1. The number of carbonyl (C=O) groups excluding carboxylic acids is 1. The lowest BCUT2D eigenvalue weighted by Gasteiger charge is -1.78. The van der Waals surface area contributed by atoms with E-state index in [0.717, 1.165) is 19.1 Å². The van der Waals surface area contributed by atoms with Crippen LogP contribution in [0.3, 0.4) is 0 Å². The van der Waals surface area contributed by atoms with Crippen molar-refractivity contribution in [2.45, 2.75) is 19.8 Å². The Morgan fingerprint density at radius 1 is 1.00 bits per heavy atom. The van der Waals surface area contributed by atoms with E-state index >= 15 is 0 Å². The number of allylic oxidation sites excluding steroid dienone is 6. The van der Waals surface area contributed by atoms with Gasteiger partial charge in [0.25, 0.3) is 0 Å². The van der Waals surface area contributed by atoms with Crippen LogP contribution in [0.4, 0.5) is 0 Å². The maximum absolute atomic E-state index is 9.81. The molecule has 0 fully saturated rings. The van der Waals surface area contributed by atoms with Crippen LogP contribution in [0.5, 0.6) is 0 Å². The number of hydrogen-bond acceptors (Lipinski definition) is 1. The second kappa shape index (κ2) is 8.89. The maximum Gasteiger partial charge on any atom is 0.142 e. The molecule has 0 bridgehead atoms. The zero-order valence-electron chi connectivity index (χ0n) is 6.86. The van der Waals surface area contributed by atoms with Gasteiger partial charge < -0.3 is 0 Å². The standard InChI is InChI=1S/C10H14O/c1-2-3-4-5-6-7-8-9-10-11/h3-4,6-10H,2,5H2,1H3/b4-3-,7-6-,9-8-. The highest BCUT2D eigenvalue weighted by atomic mass is 16.1. The van der Waals surface area contributed by atoms with Gasteiger partial charge in [-0.25, -0.2) is 0 Å². The molecule has 0 N–H and O–H groups in total. The van der Waals surface area contributed by atoms with Gasteiger partial charge in [0, 0.05) is 0 Å². The van der Waals surface area contributed by atoms with Crippen molar-refractivity contribution in [3.63, 3.8) is 0 Å². The number of hydrogen-bond donors (Lipinski definition) is 0. The smallest absolute Gasteiger partial charge is 0.142 e. The summed E-state index contributed by atoms with van der Waals surface area (Å²) in [6.45, 7) is 2.10. The Morgan fingerprint density at radius 3 is 2.45 bits per heavy atom. The van der Waals surface area contributed by atoms with Crippen molar-refractivity contribution >= 4 is 6.29 Å². The summed E-state index contributed by atoms with van der Waals surface area (Å²) in [7, 11) is 0. The second-order valence-electron chi connectivity index (χ2n) is 2.06. The fraction of sp³-hybridized carbons (Fsp3) is 0.300. The molecular weight excluding hydrogens is 136 g/mol. The molecule has 60 valence electrons. The molecule has 0 unspecified atom stereocenters. The molecule has 0 aliphatic rings. The van der Waals surface area contributed by atoms with Crippen LogP contribution in [-0.4, -0.2) is 6.29 Å². The van der Waals surface area contributed by atoms with Gasteiger partial charge in [0.15, 0.2) is 0 Å². The molecule has 11 heavy (non-hydrogen) atoms. The molecule has 0 aromatic heterocycles. The average Bonchev–Trinajstić information content (AvgIpc) is 2.03. The first-order chi connectivity index (χ1) is 5.41. The minimum atomic E-state index is 0.770. The molecule has 0 heterocycles. The van der Waals surface area contributed by atoms with E-state index < -0.39 is 0 Å². The Morgan fingerprint density at radius 2 is 1.82 bits per heavy atom. The third-order valence-corrected chi connectivity index (χ3v) is 1.11. The van der Waals surface area contributed by atoms with E-state index in [4.69, 9.17) is 0 Å². The molecule has 0 radical (unpaired) electrons. The monoisotopic (exact) mass is 150 g/mol. The lowest BCUT2D eigenvalue weighted by molar-refractivity contribution is -0.104. The van der Waals surface area contributed by atoms with Crippen molar-refractivity contribution in [2.75, 3.05) is 0 Å². The molecule has 0 saturated heterocycles. The number of carbonyl (C=O) groups is 1. The van der Waals surface area contributed by atoms with E-state index in [1.165, 1.54) is 6.08 Å². The van der Waals surface area contributed by atoms with E-state index in [2.05, 4.69) is 19.1 Å². The Balaban J connectivity index is 3.36. The topological polar surface area (TPSA) is 17.1 Å². The van der Waals surface area contributed by atoms with Crippen LogP contribution >= 0.6 is 0 Å². The minimum Gasteiger partial charge on any atom is -0.299 e. The molecule has 0 aliphatic heterocycles. The molecule has 0 rings (SSSR count). The highest BCUT2D eigenvalue weighted by Crippen LogP contribution is 1.88. The van der Waals surface area contributed by atoms with Crippen molar-refractivity contribution in [3.05, 3.63) is 36.5 Å². The van der Waals surface area contributed by atoms with Crippen molar-refractivity contribution in [1.82, 2.24) is 0 Å². The Labute approximate surface area is 68.1 Å². The van der Waals surface area contributed by atoms with Crippen molar-refractivity contribution in [1.29, 1.82) is 0 Å². The summed E-state index contributed by atoms with van der Waals surface area (Å²) < 4.78 is 0. The predicted octanol–water partition coefficient (Wildman–Crippen LogP) is 2.65. The summed E-state index contributed by atoms with van der Waals surface area (Å²) in [5.41, 5.74) is 0. The van der Waals surface area contributed by atoms with E-state index in [-0.39, 0.29) is 0 Å². The molecular formula is C10H14O. The van der Waals surface area contributed by atoms with Gasteiger partial charge in [-0.3, -0.25) is 4.79 Å². The summed E-state index contributed by atoms with van der Waals surface area (Å²) in [5.74, 6) is 0. The maximum atomic E-state index is 9.81. The van der Waals surface area contributed by atoms with Gasteiger partial charge in [0.2, 0.25) is 0 Å². The van der Waals surface area contributed by atoms with Crippen LogP contribution in [0.25, 0.3) is 0 Å². The van der Waals surface area contributed by atoms with Crippen LogP contribution < -0.4 is 0 Å². The van der Waals surface area contributed by atoms with Gasteiger partial charge in [0.05, 0.1) is 0 Å². The summed E-state index contributed by atoms with van der Waals surface area (Å²) in [4.78, 5) is 9.81. The predicted molar refractivity (Wildman–Crippen MR) is 48.4 cm³/mol. The molecule has 0 saturated carbocycles. The van der Waals surface area contributed by atoms with E-state index in [9.17, 15) is 4.79 Å². The quantitative estimate of drug-likeness (QED) is 0.255. The third kappa shape index (κ3) is 8.89. The molecule has 1 nitrogen and oxygen atoms in total. The average molecular weight is 150 g/mol. The Hall–Kier alpha value is -1.11. The molecule has 0 spiro atoms. The van der Waals surface area contributed by atoms with Crippen LogP contribution in [0.1, 0.15) is 19.8 Å². The molecule has 0 amide bonds. The molecule has 1 heteroatoms. The van der Waals surface area contributed by atoms with Crippen molar-refractivity contribution in [3.8, 4) is 0 Å². The van der Waals surface area contributed by atoms with Gasteiger partial charge in [0.1, 0.15) is 6.29 Å². The third-order valence-electron chi connectivity index (χ3n) is 1.11. The van der Waals surface area contributed by atoms with Gasteiger partial charge in [-0.1, -0.05) is 37.3 Å². The normalized spacial score (nSPS) is 12.1. The van der Waals surface area contributed by atoms with Crippen molar-refractivity contribution in [2.24, 2.45) is 0 Å². The van der Waals surface area contributed by atoms with Crippen LogP contribution in [0.2, 0.25) is 0 Å². The lowest BCUT2D eigenvalue weighted by atomic mass is 10.3. The van der Waals surface area contributed by atoms with Crippen molar-refractivity contribution < 1.29 is 4.79 Å². The van der Waals surface area contributed by atoms with Gasteiger partial charge in [-0.05, 0) is 18.9 Å². The fourth-order valence-corrected chi connectivity index (χ4v) is 0.608. The van der Waals surface area contributed by atoms with Gasteiger partial charge >= 0.3 is 0 Å². The first kappa shape index (κ1) is 9.89. The zero-order valence-corrected chi connectivity index (χ0v) is 6.86. The number of rotatable bonds is 5. The lowest BCUT2D eigenvalue weighted by Crippen LogP contribution is -1.59.